The molecule has 2 N–H and O–H groups in total. The Kier molecular flexibility index (Phi) is 4.79. The van der Waals surface area contributed by atoms with E-state index in [4.69, 9.17) is 4.74 Å². The summed E-state index contributed by atoms with van der Waals surface area (Å²) in [6.07, 6.45) is 1.09. The van der Waals surface area contributed by atoms with E-state index in [9.17, 15) is 9.59 Å². The summed E-state index contributed by atoms with van der Waals surface area (Å²) in [5.41, 5.74) is 3.60. The number of ether oxygens (including phenoxy) is 1. The number of imidazole rings is 1. The smallest absolute Gasteiger partial charge is 0.338 e. The van der Waals surface area contributed by atoms with Gasteiger partial charge in [-0.2, -0.15) is 0 Å². The van der Waals surface area contributed by atoms with Crippen LogP contribution in [0.1, 0.15) is 29.3 Å². The van der Waals surface area contributed by atoms with Gasteiger partial charge in [-0.15, -0.1) is 0 Å². The van der Waals surface area contributed by atoms with Crippen molar-refractivity contribution in [3.63, 3.8) is 0 Å². The van der Waals surface area contributed by atoms with Crippen LogP contribution in [0, 0.1) is 6.92 Å². The molecular formula is C19H19N3O3. The Hall–Kier alpha value is -3.15. The molecule has 3 aromatic rings. The summed E-state index contributed by atoms with van der Waals surface area (Å²) in [6, 6.07) is 12.5. The number of rotatable bonds is 5. The van der Waals surface area contributed by atoms with Crippen molar-refractivity contribution in [3.8, 4) is 0 Å². The Labute approximate surface area is 145 Å². The topological polar surface area (TPSA) is 84.1 Å². The van der Waals surface area contributed by atoms with Crippen LogP contribution in [-0.2, 0) is 9.53 Å². The van der Waals surface area contributed by atoms with Crippen LogP contribution < -0.4 is 5.32 Å². The van der Waals surface area contributed by atoms with Crippen molar-refractivity contribution in [3.05, 3.63) is 59.9 Å². The first-order chi connectivity index (χ1) is 12.1. The van der Waals surface area contributed by atoms with E-state index in [-0.39, 0.29) is 5.91 Å². The number of H-pyrrole nitrogens is 1. The van der Waals surface area contributed by atoms with Gasteiger partial charge in [0.25, 0.3) is 5.91 Å². The van der Waals surface area contributed by atoms with Gasteiger partial charge < -0.3 is 15.0 Å². The van der Waals surface area contributed by atoms with Gasteiger partial charge in [0.05, 0.1) is 22.9 Å². The van der Waals surface area contributed by atoms with E-state index in [0.29, 0.717) is 17.7 Å². The summed E-state index contributed by atoms with van der Waals surface area (Å²) >= 11 is 0. The van der Waals surface area contributed by atoms with Crippen molar-refractivity contribution in [1.82, 2.24) is 9.97 Å². The molecule has 1 amide bonds. The second kappa shape index (κ2) is 7.17. The van der Waals surface area contributed by atoms with E-state index in [0.717, 1.165) is 16.6 Å². The molecule has 1 unspecified atom stereocenters. The zero-order valence-corrected chi connectivity index (χ0v) is 14.1. The van der Waals surface area contributed by atoms with Gasteiger partial charge in [-0.1, -0.05) is 19.1 Å². The maximum atomic E-state index is 12.4. The van der Waals surface area contributed by atoms with Gasteiger partial charge in [0.2, 0.25) is 0 Å². The van der Waals surface area contributed by atoms with Crippen LogP contribution in [0.3, 0.4) is 0 Å². The number of nitrogens with zero attached hydrogens (tertiary/aromatic N) is 1. The molecule has 0 saturated carbocycles. The molecule has 0 aliphatic rings. The van der Waals surface area contributed by atoms with E-state index in [2.05, 4.69) is 15.3 Å². The van der Waals surface area contributed by atoms with Gasteiger partial charge >= 0.3 is 5.97 Å². The highest BCUT2D eigenvalue weighted by Gasteiger charge is 2.22. The number of anilines is 1. The van der Waals surface area contributed by atoms with Gasteiger partial charge in [-0.3, -0.25) is 4.79 Å². The second-order valence-corrected chi connectivity index (χ2v) is 5.80. The molecule has 0 radical (unpaired) electrons. The molecule has 6 heteroatoms. The van der Waals surface area contributed by atoms with E-state index in [1.54, 1.807) is 37.5 Å². The lowest BCUT2D eigenvalue weighted by molar-refractivity contribution is -0.124. The summed E-state index contributed by atoms with van der Waals surface area (Å²) < 4.78 is 5.39. The molecule has 1 atom stereocenters. The first kappa shape index (κ1) is 16.7. The highest BCUT2D eigenvalue weighted by molar-refractivity contribution is 5.98. The molecule has 0 aliphatic heterocycles. The van der Waals surface area contributed by atoms with E-state index in [1.165, 1.54) is 0 Å². The van der Waals surface area contributed by atoms with Crippen LogP contribution in [0.5, 0.6) is 0 Å². The molecule has 0 spiro atoms. The van der Waals surface area contributed by atoms with Gasteiger partial charge in [0, 0.05) is 5.69 Å². The van der Waals surface area contributed by atoms with E-state index in [1.807, 2.05) is 25.1 Å². The number of amides is 1. The van der Waals surface area contributed by atoms with Gasteiger partial charge in [0.15, 0.2) is 6.10 Å². The van der Waals surface area contributed by atoms with Crippen LogP contribution in [0.4, 0.5) is 5.69 Å². The Bertz CT molecular complexity index is 917. The fraction of sp³-hybridized carbons (Fsp3) is 0.211. The van der Waals surface area contributed by atoms with Crippen LogP contribution in [0.15, 0.2) is 48.8 Å². The van der Waals surface area contributed by atoms with Crippen LogP contribution in [0.2, 0.25) is 0 Å². The first-order valence-corrected chi connectivity index (χ1v) is 8.08. The molecular weight excluding hydrogens is 318 g/mol. The third-order valence-electron chi connectivity index (χ3n) is 3.85. The highest BCUT2D eigenvalue weighted by atomic mass is 16.5. The molecule has 1 aromatic heterocycles. The third kappa shape index (κ3) is 3.85. The average Bonchev–Trinajstić information content (AvgIpc) is 3.07. The normalized spacial score (nSPS) is 11.9. The highest BCUT2D eigenvalue weighted by Crippen LogP contribution is 2.15. The first-order valence-electron chi connectivity index (χ1n) is 8.08. The van der Waals surface area contributed by atoms with Crippen molar-refractivity contribution >= 4 is 28.6 Å². The predicted molar refractivity (Wildman–Crippen MR) is 95.4 cm³/mol. The number of carbonyl (C=O) groups is 2. The molecule has 25 heavy (non-hydrogen) atoms. The fourth-order valence-electron chi connectivity index (χ4n) is 2.53. The van der Waals surface area contributed by atoms with Crippen molar-refractivity contribution in [2.75, 3.05) is 5.32 Å². The number of hydrogen-bond acceptors (Lipinski definition) is 4. The molecule has 1 heterocycles. The molecule has 0 aliphatic carbocycles. The standard InChI is InChI=1S/C19H19N3O3/c1-3-17(18(23)22-14-6-4-5-12(2)9-14)25-19(24)13-7-8-15-16(10-13)21-11-20-15/h4-11,17H,3H2,1-2H3,(H,20,21)(H,22,23). The van der Waals surface area contributed by atoms with Crippen LogP contribution >= 0.6 is 0 Å². The number of aromatic nitrogens is 2. The maximum absolute atomic E-state index is 12.4. The number of nitrogens with one attached hydrogen (secondary N) is 2. The van der Waals surface area contributed by atoms with Crippen LogP contribution in [0.25, 0.3) is 11.0 Å². The summed E-state index contributed by atoms with van der Waals surface area (Å²) in [5.74, 6) is -0.883. The van der Waals surface area contributed by atoms with Gasteiger partial charge in [-0.05, 0) is 49.2 Å². The quantitative estimate of drug-likeness (QED) is 0.699. The van der Waals surface area contributed by atoms with Crippen molar-refractivity contribution in [2.24, 2.45) is 0 Å². The minimum Gasteiger partial charge on any atom is -0.449 e. The molecule has 128 valence electrons. The number of carbonyl (C=O) groups excluding carboxylic acids is 2. The lowest BCUT2D eigenvalue weighted by Crippen LogP contribution is -2.32. The minimum atomic E-state index is -0.856. The van der Waals surface area contributed by atoms with Crippen molar-refractivity contribution in [2.45, 2.75) is 26.4 Å². The molecule has 2 aromatic carbocycles. The number of fused-ring (bicyclic) bond motifs is 1. The number of aromatic amines is 1. The minimum absolute atomic E-state index is 0.343. The molecule has 0 saturated heterocycles. The Morgan fingerprint density at radius 1 is 1.24 bits per heavy atom. The van der Waals surface area contributed by atoms with E-state index < -0.39 is 12.1 Å². The summed E-state index contributed by atoms with van der Waals surface area (Å²) in [5, 5.41) is 2.78. The average molecular weight is 337 g/mol. The molecule has 6 nitrogen and oxygen atoms in total. The summed E-state index contributed by atoms with van der Waals surface area (Å²) in [7, 11) is 0. The molecule has 0 fully saturated rings. The SMILES string of the molecule is CCC(OC(=O)c1ccc2nc[nH]c2c1)C(=O)Nc1cccc(C)c1. The molecule has 3 rings (SSSR count). The third-order valence-corrected chi connectivity index (χ3v) is 3.85. The van der Waals surface area contributed by atoms with Crippen molar-refractivity contribution in [1.29, 1.82) is 0 Å². The van der Waals surface area contributed by atoms with E-state index >= 15 is 0 Å². The van der Waals surface area contributed by atoms with Crippen molar-refractivity contribution < 1.29 is 14.3 Å². The predicted octanol–water partition coefficient (Wildman–Crippen LogP) is 3.45. The second-order valence-electron chi connectivity index (χ2n) is 5.80. The monoisotopic (exact) mass is 337 g/mol. The Balaban J connectivity index is 1.69. The lowest BCUT2D eigenvalue weighted by atomic mass is 10.2. The summed E-state index contributed by atoms with van der Waals surface area (Å²) in [4.78, 5) is 31.8. The number of esters is 1. The maximum Gasteiger partial charge on any atom is 0.338 e. The van der Waals surface area contributed by atoms with Crippen LogP contribution in [-0.4, -0.2) is 27.9 Å². The number of benzene rings is 2. The number of aryl methyl sites for hydroxylation is 1. The lowest BCUT2D eigenvalue weighted by Gasteiger charge is -2.16. The Morgan fingerprint density at radius 2 is 2.08 bits per heavy atom. The van der Waals surface area contributed by atoms with Gasteiger partial charge in [0.1, 0.15) is 0 Å². The molecule has 0 bridgehead atoms. The zero-order valence-electron chi connectivity index (χ0n) is 14.1. The largest absolute Gasteiger partial charge is 0.449 e. The zero-order chi connectivity index (χ0) is 17.8. The Morgan fingerprint density at radius 3 is 2.84 bits per heavy atom. The fourth-order valence-corrected chi connectivity index (χ4v) is 2.53. The van der Waals surface area contributed by atoms with Gasteiger partial charge in [-0.25, -0.2) is 9.78 Å². The number of hydrogen-bond donors (Lipinski definition) is 2. The summed E-state index contributed by atoms with van der Waals surface area (Å²) in [6.45, 7) is 3.74.